The third-order valence-corrected chi connectivity index (χ3v) is 3.06. The summed E-state index contributed by atoms with van der Waals surface area (Å²) in [4.78, 5) is 28.3. The molecule has 1 aromatic rings. The number of aliphatic hydroxyl groups excluding tert-OH is 1. The Kier molecular flexibility index (Phi) is 3.82. The standard InChI is InChI=1S/C11H16N4O4/c12-1-2-14-5-8(13-6-14)10(17)15-4-7(16)3-9(15)11(18)19/h5-7,9,16H,1-4,12H2,(H,18,19)/t7-,9+/m1/s1. The Morgan fingerprint density at radius 2 is 2.26 bits per heavy atom. The molecule has 1 saturated heterocycles. The van der Waals surface area contributed by atoms with Crippen molar-refractivity contribution in [1.29, 1.82) is 0 Å². The largest absolute Gasteiger partial charge is 0.480 e. The van der Waals surface area contributed by atoms with Gasteiger partial charge in [-0.25, -0.2) is 9.78 Å². The van der Waals surface area contributed by atoms with E-state index < -0.39 is 24.0 Å². The number of amides is 1. The number of aromatic nitrogens is 2. The van der Waals surface area contributed by atoms with E-state index >= 15 is 0 Å². The van der Waals surface area contributed by atoms with Gasteiger partial charge in [0.15, 0.2) is 0 Å². The van der Waals surface area contributed by atoms with Gasteiger partial charge in [-0.3, -0.25) is 4.79 Å². The molecule has 0 spiro atoms. The van der Waals surface area contributed by atoms with Gasteiger partial charge in [0.1, 0.15) is 11.7 Å². The lowest BCUT2D eigenvalue weighted by atomic mass is 10.2. The summed E-state index contributed by atoms with van der Waals surface area (Å²) in [5.41, 5.74) is 5.55. The zero-order valence-corrected chi connectivity index (χ0v) is 10.3. The first-order valence-electron chi connectivity index (χ1n) is 5.96. The van der Waals surface area contributed by atoms with Gasteiger partial charge in [0.2, 0.25) is 0 Å². The summed E-state index contributed by atoms with van der Waals surface area (Å²) in [7, 11) is 0. The van der Waals surface area contributed by atoms with Crippen LogP contribution in [0.5, 0.6) is 0 Å². The molecule has 2 atom stereocenters. The average Bonchev–Trinajstić information content (AvgIpc) is 2.95. The molecule has 0 unspecified atom stereocenters. The van der Waals surface area contributed by atoms with E-state index in [-0.39, 0.29) is 18.7 Å². The van der Waals surface area contributed by atoms with Crippen LogP contribution in [-0.2, 0) is 11.3 Å². The van der Waals surface area contributed by atoms with Crippen LogP contribution in [0.4, 0.5) is 0 Å². The molecule has 2 heterocycles. The quantitative estimate of drug-likeness (QED) is 0.611. The Labute approximate surface area is 109 Å². The van der Waals surface area contributed by atoms with Crippen molar-refractivity contribution in [2.75, 3.05) is 13.1 Å². The highest BCUT2D eigenvalue weighted by atomic mass is 16.4. The molecular formula is C11H16N4O4. The number of carboxylic acids is 1. The number of likely N-dealkylation sites (tertiary alicyclic amines) is 1. The smallest absolute Gasteiger partial charge is 0.326 e. The molecule has 8 heteroatoms. The highest BCUT2D eigenvalue weighted by molar-refractivity contribution is 5.95. The predicted molar refractivity (Wildman–Crippen MR) is 64.4 cm³/mol. The lowest BCUT2D eigenvalue weighted by Crippen LogP contribution is -2.40. The van der Waals surface area contributed by atoms with Gasteiger partial charge in [0.05, 0.1) is 12.4 Å². The first-order chi connectivity index (χ1) is 9.02. The van der Waals surface area contributed by atoms with Crippen molar-refractivity contribution in [3.8, 4) is 0 Å². The molecule has 1 fully saturated rings. The number of nitrogens with two attached hydrogens (primary N) is 1. The first-order valence-corrected chi connectivity index (χ1v) is 5.96. The third kappa shape index (κ3) is 2.74. The van der Waals surface area contributed by atoms with Gasteiger partial charge in [-0.15, -0.1) is 0 Å². The Bertz CT molecular complexity index is 487. The van der Waals surface area contributed by atoms with Crippen LogP contribution in [0.1, 0.15) is 16.9 Å². The van der Waals surface area contributed by atoms with Crippen LogP contribution in [0.2, 0.25) is 0 Å². The number of carbonyl (C=O) groups excluding carboxylic acids is 1. The Morgan fingerprint density at radius 3 is 2.89 bits per heavy atom. The SMILES string of the molecule is NCCn1cnc(C(=O)N2C[C@H](O)C[C@H]2C(=O)O)c1. The van der Waals surface area contributed by atoms with Gasteiger partial charge in [0.25, 0.3) is 5.91 Å². The molecule has 0 aromatic carbocycles. The van der Waals surface area contributed by atoms with Crippen LogP contribution in [0.3, 0.4) is 0 Å². The summed E-state index contributed by atoms with van der Waals surface area (Å²) < 4.78 is 1.66. The van der Waals surface area contributed by atoms with Crippen molar-refractivity contribution in [2.45, 2.75) is 25.1 Å². The molecule has 1 aromatic heterocycles. The summed E-state index contributed by atoms with van der Waals surface area (Å²) in [5.74, 6) is -1.61. The Morgan fingerprint density at radius 1 is 1.53 bits per heavy atom. The Balaban J connectivity index is 2.15. The second-order valence-corrected chi connectivity index (χ2v) is 4.49. The Hall–Kier alpha value is -1.93. The van der Waals surface area contributed by atoms with Crippen LogP contribution >= 0.6 is 0 Å². The van der Waals surface area contributed by atoms with E-state index in [0.717, 1.165) is 4.90 Å². The molecule has 0 saturated carbocycles. The van der Waals surface area contributed by atoms with Crippen LogP contribution in [-0.4, -0.2) is 61.8 Å². The summed E-state index contributed by atoms with van der Waals surface area (Å²) in [6.07, 6.45) is 2.24. The molecule has 1 aliphatic heterocycles. The average molecular weight is 268 g/mol. The summed E-state index contributed by atoms with van der Waals surface area (Å²) in [5, 5.41) is 18.5. The fourth-order valence-corrected chi connectivity index (χ4v) is 2.16. The third-order valence-electron chi connectivity index (χ3n) is 3.06. The highest BCUT2D eigenvalue weighted by Gasteiger charge is 2.39. The highest BCUT2D eigenvalue weighted by Crippen LogP contribution is 2.20. The molecule has 0 radical (unpaired) electrons. The van der Waals surface area contributed by atoms with Gasteiger partial charge in [0, 0.05) is 32.3 Å². The molecule has 8 nitrogen and oxygen atoms in total. The number of β-amino-alcohol motifs (C(OH)–C–C–N with tert-alkyl or cyclic N) is 1. The molecule has 0 aliphatic carbocycles. The fourth-order valence-electron chi connectivity index (χ4n) is 2.16. The number of rotatable bonds is 4. The number of aliphatic hydroxyl groups is 1. The van der Waals surface area contributed by atoms with Gasteiger partial charge in [-0.05, 0) is 0 Å². The predicted octanol–water partition coefficient (Wildman–Crippen LogP) is -1.50. The van der Waals surface area contributed by atoms with Crippen molar-refractivity contribution >= 4 is 11.9 Å². The minimum atomic E-state index is -1.12. The molecular weight excluding hydrogens is 252 g/mol. The number of hydrogen-bond acceptors (Lipinski definition) is 5. The second-order valence-electron chi connectivity index (χ2n) is 4.49. The number of imidazole rings is 1. The number of hydrogen-bond donors (Lipinski definition) is 3. The second kappa shape index (κ2) is 5.37. The minimum absolute atomic E-state index is 0.0134. The summed E-state index contributed by atoms with van der Waals surface area (Å²) in [6, 6.07) is -0.998. The number of carbonyl (C=O) groups is 2. The first kappa shape index (κ1) is 13.5. The van der Waals surface area contributed by atoms with Crippen molar-refractivity contribution in [3.63, 3.8) is 0 Å². The normalized spacial score (nSPS) is 22.7. The topological polar surface area (TPSA) is 122 Å². The number of nitrogens with zero attached hydrogens (tertiary/aromatic N) is 3. The molecule has 0 bridgehead atoms. The maximum absolute atomic E-state index is 12.2. The van der Waals surface area contributed by atoms with Gasteiger partial charge in [-0.2, -0.15) is 0 Å². The zero-order chi connectivity index (χ0) is 14.0. The maximum Gasteiger partial charge on any atom is 0.326 e. The van der Waals surface area contributed by atoms with E-state index in [9.17, 15) is 14.7 Å². The van der Waals surface area contributed by atoms with E-state index in [1.807, 2.05) is 0 Å². The maximum atomic E-state index is 12.2. The van der Waals surface area contributed by atoms with E-state index in [1.54, 1.807) is 4.57 Å². The van der Waals surface area contributed by atoms with Crippen molar-refractivity contribution in [3.05, 3.63) is 18.2 Å². The van der Waals surface area contributed by atoms with E-state index in [0.29, 0.717) is 13.1 Å². The lowest BCUT2D eigenvalue weighted by molar-refractivity contribution is -0.141. The van der Waals surface area contributed by atoms with Crippen LogP contribution in [0.25, 0.3) is 0 Å². The number of carboxylic acid groups (broad SMARTS) is 1. The molecule has 104 valence electrons. The molecule has 1 amide bonds. The lowest BCUT2D eigenvalue weighted by Gasteiger charge is -2.19. The summed E-state index contributed by atoms with van der Waals surface area (Å²) >= 11 is 0. The van der Waals surface area contributed by atoms with Crippen molar-refractivity contribution in [1.82, 2.24) is 14.5 Å². The van der Waals surface area contributed by atoms with Gasteiger partial charge < -0.3 is 25.4 Å². The molecule has 19 heavy (non-hydrogen) atoms. The van der Waals surface area contributed by atoms with E-state index in [4.69, 9.17) is 10.8 Å². The molecule has 2 rings (SSSR count). The number of aliphatic carboxylic acids is 1. The minimum Gasteiger partial charge on any atom is -0.480 e. The van der Waals surface area contributed by atoms with Crippen LogP contribution in [0, 0.1) is 0 Å². The molecule has 1 aliphatic rings. The fraction of sp³-hybridized carbons (Fsp3) is 0.545. The van der Waals surface area contributed by atoms with E-state index in [2.05, 4.69) is 4.98 Å². The van der Waals surface area contributed by atoms with Gasteiger partial charge in [-0.1, -0.05) is 0 Å². The van der Waals surface area contributed by atoms with Crippen molar-refractivity contribution in [2.24, 2.45) is 5.73 Å². The monoisotopic (exact) mass is 268 g/mol. The molecule has 4 N–H and O–H groups in total. The zero-order valence-electron chi connectivity index (χ0n) is 10.3. The summed E-state index contributed by atoms with van der Waals surface area (Å²) in [6.45, 7) is 0.967. The van der Waals surface area contributed by atoms with Gasteiger partial charge >= 0.3 is 5.97 Å². The van der Waals surface area contributed by atoms with Crippen molar-refractivity contribution < 1.29 is 19.8 Å². The van der Waals surface area contributed by atoms with Crippen LogP contribution in [0.15, 0.2) is 12.5 Å². The van der Waals surface area contributed by atoms with E-state index in [1.165, 1.54) is 12.5 Å². The van der Waals surface area contributed by atoms with Crippen LogP contribution < -0.4 is 5.73 Å².